The summed E-state index contributed by atoms with van der Waals surface area (Å²) in [6.07, 6.45) is 0.248. The Bertz CT molecular complexity index is 1040. The summed E-state index contributed by atoms with van der Waals surface area (Å²) in [4.78, 5) is 23.4. The van der Waals surface area contributed by atoms with Crippen LogP contribution in [0.1, 0.15) is 19.3 Å². The van der Waals surface area contributed by atoms with Gasteiger partial charge in [-0.2, -0.15) is 0 Å². The fourth-order valence-corrected chi connectivity index (χ4v) is 3.20. The van der Waals surface area contributed by atoms with Crippen molar-refractivity contribution in [2.75, 3.05) is 12.2 Å². The lowest BCUT2D eigenvalue weighted by Gasteiger charge is -2.17. The van der Waals surface area contributed by atoms with Crippen LogP contribution in [0.4, 0.5) is 23.3 Å². The standard InChI is InChI=1S/C20H15F4NO4/c1-29-11-5-2-4-10(8-11)14-9-15(21)18(17(23)16(14)22)25(24)19(26)12-6-3-7-13(12)20(27)28/h2,4-5,8-9H,3,6-7H2,1H3,(H,27,28). The Kier molecular flexibility index (Phi) is 5.58. The van der Waals surface area contributed by atoms with Crippen molar-refractivity contribution in [3.05, 3.63) is 58.9 Å². The number of nitrogens with zero attached hydrogens (tertiary/aromatic N) is 1. The minimum absolute atomic E-state index is 0.0261. The SMILES string of the molecule is COc1cccc(-c2cc(F)c(N(F)C(=O)C3=C(C(=O)O)CCC3)c(F)c2F)c1. The Morgan fingerprint density at radius 3 is 2.41 bits per heavy atom. The first-order valence-electron chi connectivity index (χ1n) is 8.53. The van der Waals surface area contributed by atoms with Crippen molar-refractivity contribution in [3.8, 4) is 16.9 Å². The first kappa shape index (κ1) is 20.4. The number of amides is 1. The third-order valence-corrected chi connectivity index (χ3v) is 4.62. The molecule has 5 nitrogen and oxygen atoms in total. The van der Waals surface area contributed by atoms with Crippen molar-refractivity contribution in [2.24, 2.45) is 0 Å². The normalized spacial score (nSPS) is 13.6. The van der Waals surface area contributed by atoms with Gasteiger partial charge < -0.3 is 9.84 Å². The van der Waals surface area contributed by atoms with Crippen LogP contribution in [0.15, 0.2) is 41.5 Å². The molecule has 0 saturated carbocycles. The Morgan fingerprint density at radius 2 is 1.76 bits per heavy atom. The number of methoxy groups -OCH3 is 1. The van der Waals surface area contributed by atoms with Gasteiger partial charge in [0.1, 0.15) is 5.75 Å². The summed E-state index contributed by atoms with van der Waals surface area (Å²) in [5, 5.41) is 8.19. The van der Waals surface area contributed by atoms with Gasteiger partial charge in [-0.05, 0) is 43.0 Å². The van der Waals surface area contributed by atoms with Gasteiger partial charge >= 0.3 is 5.97 Å². The monoisotopic (exact) mass is 409 g/mol. The first-order chi connectivity index (χ1) is 13.8. The largest absolute Gasteiger partial charge is 0.497 e. The van der Waals surface area contributed by atoms with Crippen molar-refractivity contribution in [3.63, 3.8) is 0 Å². The maximum absolute atomic E-state index is 14.6. The molecule has 3 rings (SSSR count). The molecule has 2 aromatic carbocycles. The fourth-order valence-electron chi connectivity index (χ4n) is 3.20. The summed E-state index contributed by atoms with van der Waals surface area (Å²) in [6, 6.07) is 6.28. The van der Waals surface area contributed by atoms with E-state index >= 15 is 0 Å². The Hall–Kier alpha value is -3.36. The lowest BCUT2D eigenvalue weighted by molar-refractivity contribution is -0.133. The van der Waals surface area contributed by atoms with Gasteiger partial charge in [0.15, 0.2) is 23.1 Å². The van der Waals surface area contributed by atoms with E-state index in [1.165, 1.54) is 25.3 Å². The third-order valence-electron chi connectivity index (χ3n) is 4.62. The number of anilines is 1. The van der Waals surface area contributed by atoms with Gasteiger partial charge in [-0.3, -0.25) is 4.79 Å². The number of hydrogen-bond donors (Lipinski definition) is 1. The highest BCUT2D eigenvalue weighted by Crippen LogP contribution is 2.36. The number of carbonyl (C=O) groups excluding carboxylic acids is 1. The zero-order chi connectivity index (χ0) is 21.3. The fraction of sp³-hybridized carbons (Fsp3) is 0.200. The molecule has 0 aromatic heterocycles. The molecule has 0 fully saturated rings. The molecule has 0 radical (unpaired) electrons. The molecule has 0 saturated heterocycles. The lowest BCUT2D eigenvalue weighted by Crippen LogP contribution is -2.27. The van der Waals surface area contributed by atoms with Gasteiger partial charge in [-0.25, -0.2) is 18.0 Å². The van der Waals surface area contributed by atoms with Crippen molar-refractivity contribution in [1.82, 2.24) is 0 Å². The molecule has 0 heterocycles. The molecular weight excluding hydrogens is 394 g/mol. The van der Waals surface area contributed by atoms with Crippen LogP contribution >= 0.6 is 0 Å². The second kappa shape index (κ2) is 7.94. The highest BCUT2D eigenvalue weighted by atomic mass is 19.2. The number of carboxylic acids is 1. The molecule has 2 aromatic rings. The van der Waals surface area contributed by atoms with Crippen LogP contribution in [0.3, 0.4) is 0 Å². The maximum Gasteiger partial charge on any atom is 0.332 e. The Labute approximate surface area is 162 Å². The molecule has 0 spiro atoms. The van der Waals surface area contributed by atoms with Crippen LogP contribution in [0.25, 0.3) is 11.1 Å². The number of carboxylic acid groups (broad SMARTS) is 1. The zero-order valence-corrected chi connectivity index (χ0v) is 15.1. The van der Waals surface area contributed by atoms with E-state index < -0.39 is 51.3 Å². The van der Waals surface area contributed by atoms with Gasteiger partial charge in [0.05, 0.1) is 7.11 Å². The first-order valence-corrected chi connectivity index (χ1v) is 8.53. The molecule has 0 atom stereocenters. The van der Waals surface area contributed by atoms with E-state index in [0.29, 0.717) is 11.8 Å². The number of rotatable bonds is 5. The van der Waals surface area contributed by atoms with E-state index in [9.17, 15) is 27.2 Å². The van der Waals surface area contributed by atoms with Crippen molar-refractivity contribution < 1.29 is 37.1 Å². The molecule has 0 unspecified atom stereocenters. The highest BCUT2D eigenvalue weighted by molar-refractivity contribution is 6.09. The average molecular weight is 409 g/mol. The van der Waals surface area contributed by atoms with E-state index in [4.69, 9.17) is 9.84 Å². The van der Waals surface area contributed by atoms with E-state index in [1.54, 1.807) is 6.07 Å². The maximum atomic E-state index is 14.6. The number of ether oxygens (including phenoxy) is 1. The van der Waals surface area contributed by atoms with Gasteiger partial charge in [0, 0.05) is 16.7 Å². The average Bonchev–Trinajstić information content (AvgIpc) is 3.20. The number of benzene rings is 2. The molecule has 0 bridgehead atoms. The van der Waals surface area contributed by atoms with Crippen LogP contribution in [0, 0.1) is 17.5 Å². The lowest BCUT2D eigenvalue weighted by atomic mass is 10.0. The molecule has 1 N–H and O–H groups in total. The zero-order valence-electron chi connectivity index (χ0n) is 15.1. The summed E-state index contributed by atoms with van der Waals surface area (Å²) < 4.78 is 63.2. The molecule has 1 amide bonds. The number of aliphatic carboxylic acids is 1. The van der Waals surface area contributed by atoms with E-state index in [-0.39, 0.29) is 30.4 Å². The number of hydrogen-bond acceptors (Lipinski definition) is 3. The van der Waals surface area contributed by atoms with E-state index in [0.717, 1.165) is 0 Å². The minimum atomic E-state index is -1.91. The molecule has 152 valence electrons. The highest BCUT2D eigenvalue weighted by Gasteiger charge is 2.34. The van der Waals surface area contributed by atoms with Gasteiger partial charge in [0.2, 0.25) is 0 Å². The predicted octanol–water partition coefficient (Wildman–Crippen LogP) is 4.56. The van der Waals surface area contributed by atoms with Crippen LogP contribution in [-0.2, 0) is 9.59 Å². The molecule has 29 heavy (non-hydrogen) atoms. The number of halogens is 4. The summed E-state index contributed by atoms with van der Waals surface area (Å²) in [5.41, 5.74) is -2.68. The molecule has 1 aliphatic carbocycles. The summed E-state index contributed by atoms with van der Waals surface area (Å²) >= 11 is 0. The van der Waals surface area contributed by atoms with Crippen molar-refractivity contribution in [1.29, 1.82) is 0 Å². The summed E-state index contributed by atoms with van der Waals surface area (Å²) in [6.45, 7) is 0. The van der Waals surface area contributed by atoms with E-state index in [1.807, 2.05) is 0 Å². The predicted molar refractivity (Wildman–Crippen MR) is 95.4 cm³/mol. The molecule has 1 aliphatic rings. The topological polar surface area (TPSA) is 66.8 Å². The quantitative estimate of drug-likeness (QED) is 0.447. The van der Waals surface area contributed by atoms with Crippen LogP contribution in [-0.4, -0.2) is 24.1 Å². The Balaban J connectivity index is 2.05. The van der Waals surface area contributed by atoms with Crippen LogP contribution in [0.2, 0.25) is 0 Å². The molecule has 9 heteroatoms. The third kappa shape index (κ3) is 3.67. The van der Waals surface area contributed by atoms with E-state index in [2.05, 4.69) is 0 Å². The van der Waals surface area contributed by atoms with Crippen LogP contribution in [0.5, 0.6) is 5.75 Å². The molecular formula is C20H15F4NO4. The van der Waals surface area contributed by atoms with Crippen molar-refractivity contribution >= 4 is 17.6 Å². The second-order valence-electron chi connectivity index (χ2n) is 6.32. The van der Waals surface area contributed by atoms with Gasteiger partial charge in [-0.15, -0.1) is 5.12 Å². The minimum Gasteiger partial charge on any atom is -0.497 e. The van der Waals surface area contributed by atoms with Crippen LogP contribution < -0.4 is 9.86 Å². The summed E-state index contributed by atoms with van der Waals surface area (Å²) in [5.74, 6) is -7.64. The number of carbonyl (C=O) groups is 2. The van der Waals surface area contributed by atoms with Gasteiger partial charge in [0.25, 0.3) is 5.91 Å². The smallest absolute Gasteiger partial charge is 0.332 e. The summed E-state index contributed by atoms with van der Waals surface area (Å²) in [7, 11) is 1.36. The Morgan fingerprint density at radius 1 is 1.07 bits per heavy atom. The second-order valence-corrected chi connectivity index (χ2v) is 6.32. The van der Waals surface area contributed by atoms with Crippen molar-refractivity contribution in [2.45, 2.75) is 19.3 Å². The molecule has 0 aliphatic heterocycles. The van der Waals surface area contributed by atoms with Gasteiger partial charge in [-0.1, -0.05) is 16.6 Å².